The summed E-state index contributed by atoms with van der Waals surface area (Å²) >= 11 is 0. The highest BCUT2D eigenvalue weighted by molar-refractivity contribution is 5.83. The molecule has 3 aromatic rings. The smallest absolute Gasteiger partial charge is 0.226 e. The second kappa shape index (κ2) is 9.06. The van der Waals surface area contributed by atoms with Crippen molar-refractivity contribution < 1.29 is 4.79 Å². The van der Waals surface area contributed by atoms with E-state index in [4.69, 9.17) is 0 Å². The molecule has 5 rings (SSSR count). The van der Waals surface area contributed by atoms with E-state index in [-0.39, 0.29) is 11.8 Å². The molecule has 1 saturated carbocycles. The summed E-state index contributed by atoms with van der Waals surface area (Å²) in [7, 11) is 0. The number of carbonyl (C=O) groups is 1. The van der Waals surface area contributed by atoms with Gasteiger partial charge in [-0.25, -0.2) is 4.68 Å². The van der Waals surface area contributed by atoms with E-state index >= 15 is 0 Å². The molecule has 2 heterocycles. The van der Waals surface area contributed by atoms with E-state index in [0.717, 1.165) is 44.0 Å². The second-order valence-electron chi connectivity index (χ2n) is 8.74. The molecule has 31 heavy (non-hydrogen) atoms. The molecule has 1 saturated heterocycles. The Morgan fingerprint density at radius 1 is 0.968 bits per heavy atom. The molecule has 0 spiro atoms. The average molecular weight is 415 g/mol. The molecule has 1 aliphatic heterocycles. The molecule has 1 aliphatic carbocycles. The molecule has 1 aromatic heterocycles. The number of likely N-dealkylation sites (tertiary alicyclic amines) is 1. The standard InChI is InChI=1S/C26H30N4O/c31-26(25-19-24(25)21-9-3-1-4-10-21)29(18-17-28-15-7-8-16-28)20-23-13-14-27-30(23)22-11-5-2-6-12-22/h1-6,9-14,24-25H,7-8,15-20H2/t24-,25+/m0/s1. The van der Waals surface area contributed by atoms with Crippen LogP contribution < -0.4 is 0 Å². The highest BCUT2D eigenvalue weighted by Gasteiger charge is 2.45. The minimum Gasteiger partial charge on any atom is -0.335 e. The van der Waals surface area contributed by atoms with Crippen LogP contribution in [0.2, 0.25) is 0 Å². The van der Waals surface area contributed by atoms with Gasteiger partial charge in [0, 0.05) is 25.2 Å². The maximum Gasteiger partial charge on any atom is 0.226 e. The van der Waals surface area contributed by atoms with Crippen LogP contribution >= 0.6 is 0 Å². The molecule has 2 aromatic carbocycles. The highest BCUT2D eigenvalue weighted by atomic mass is 16.2. The van der Waals surface area contributed by atoms with E-state index < -0.39 is 0 Å². The second-order valence-corrected chi connectivity index (χ2v) is 8.74. The number of rotatable bonds is 8. The molecule has 1 amide bonds. The van der Waals surface area contributed by atoms with E-state index in [2.05, 4.69) is 51.3 Å². The Bertz CT molecular complexity index is 995. The number of benzene rings is 2. The van der Waals surface area contributed by atoms with Gasteiger partial charge in [0.1, 0.15) is 0 Å². The van der Waals surface area contributed by atoms with Gasteiger partial charge in [-0.2, -0.15) is 5.10 Å². The lowest BCUT2D eigenvalue weighted by atomic mass is 10.1. The molecule has 0 unspecified atom stereocenters. The number of hydrogen-bond acceptors (Lipinski definition) is 3. The summed E-state index contributed by atoms with van der Waals surface area (Å²) in [4.78, 5) is 18.1. The predicted octanol–water partition coefficient (Wildman–Crippen LogP) is 4.10. The first-order valence-corrected chi connectivity index (χ1v) is 11.4. The number of aromatic nitrogens is 2. The highest BCUT2D eigenvalue weighted by Crippen LogP contribution is 2.48. The van der Waals surface area contributed by atoms with Crippen LogP contribution in [0.1, 0.15) is 36.4 Å². The van der Waals surface area contributed by atoms with Crippen molar-refractivity contribution in [3.63, 3.8) is 0 Å². The topological polar surface area (TPSA) is 41.4 Å². The van der Waals surface area contributed by atoms with Crippen molar-refractivity contribution in [2.24, 2.45) is 5.92 Å². The van der Waals surface area contributed by atoms with Gasteiger partial charge in [0.25, 0.3) is 0 Å². The summed E-state index contributed by atoms with van der Waals surface area (Å²) in [6.07, 6.45) is 5.33. The SMILES string of the molecule is O=C([C@@H]1C[C@H]1c1ccccc1)N(CCN1CCCC1)Cc1ccnn1-c1ccccc1. The monoisotopic (exact) mass is 414 g/mol. The van der Waals surface area contributed by atoms with Gasteiger partial charge in [-0.1, -0.05) is 48.5 Å². The minimum atomic E-state index is 0.106. The van der Waals surface area contributed by atoms with Crippen LogP contribution in [0.5, 0.6) is 0 Å². The van der Waals surface area contributed by atoms with Crippen LogP contribution in [0.15, 0.2) is 72.9 Å². The Balaban J connectivity index is 1.33. The van der Waals surface area contributed by atoms with Crippen molar-refractivity contribution in [2.75, 3.05) is 26.2 Å². The number of carbonyl (C=O) groups excluding carboxylic acids is 1. The number of nitrogens with zero attached hydrogens (tertiary/aromatic N) is 4. The van der Waals surface area contributed by atoms with Gasteiger partial charge < -0.3 is 9.80 Å². The van der Waals surface area contributed by atoms with E-state index in [1.165, 1.54) is 18.4 Å². The summed E-state index contributed by atoms with van der Waals surface area (Å²) in [5, 5.41) is 4.53. The summed E-state index contributed by atoms with van der Waals surface area (Å²) in [5.74, 6) is 0.755. The van der Waals surface area contributed by atoms with Crippen LogP contribution in [-0.2, 0) is 11.3 Å². The van der Waals surface area contributed by atoms with Crippen LogP contribution in [0.25, 0.3) is 5.69 Å². The molecule has 160 valence electrons. The molecule has 0 radical (unpaired) electrons. The zero-order valence-corrected chi connectivity index (χ0v) is 17.9. The predicted molar refractivity (Wildman–Crippen MR) is 122 cm³/mol. The Hall–Kier alpha value is -2.92. The van der Waals surface area contributed by atoms with Gasteiger partial charge >= 0.3 is 0 Å². The van der Waals surface area contributed by atoms with Crippen LogP contribution in [0.4, 0.5) is 0 Å². The summed E-state index contributed by atoms with van der Waals surface area (Å²) in [6.45, 7) is 4.63. The fourth-order valence-electron chi connectivity index (χ4n) is 4.75. The molecule has 2 fully saturated rings. The number of para-hydroxylation sites is 1. The zero-order chi connectivity index (χ0) is 21.0. The first-order valence-electron chi connectivity index (χ1n) is 11.4. The molecule has 5 heteroatoms. The van der Waals surface area contributed by atoms with Crippen molar-refractivity contribution in [1.82, 2.24) is 19.6 Å². The molecule has 2 aliphatic rings. The van der Waals surface area contributed by atoms with Crippen LogP contribution in [0, 0.1) is 5.92 Å². The van der Waals surface area contributed by atoms with Crippen molar-refractivity contribution in [1.29, 1.82) is 0 Å². The Labute approximate surface area is 184 Å². The molecule has 2 atom stereocenters. The lowest BCUT2D eigenvalue weighted by Gasteiger charge is -2.26. The largest absolute Gasteiger partial charge is 0.335 e. The lowest BCUT2D eigenvalue weighted by Crippen LogP contribution is -2.39. The fourth-order valence-corrected chi connectivity index (χ4v) is 4.75. The van der Waals surface area contributed by atoms with Gasteiger partial charge in [-0.3, -0.25) is 4.79 Å². The third-order valence-electron chi connectivity index (χ3n) is 6.61. The molecular weight excluding hydrogens is 384 g/mol. The molecule has 0 N–H and O–H groups in total. The van der Waals surface area contributed by atoms with Gasteiger partial charge in [-0.15, -0.1) is 0 Å². The molecule has 0 bridgehead atoms. The van der Waals surface area contributed by atoms with Crippen molar-refractivity contribution in [3.8, 4) is 5.69 Å². The maximum atomic E-state index is 13.5. The van der Waals surface area contributed by atoms with Gasteiger partial charge in [0.15, 0.2) is 0 Å². The molecular formula is C26H30N4O. The van der Waals surface area contributed by atoms with Crippen molar-refractivity contribution >= 4 is 5.91 Å². The van der Waals surface area contributed by atoms with E-state index in [0.29, 0.717) is 12.5 Å². The quantitative estimate of drug-likeness (QED) is 0.557. The van der Waals surface area contributed by atoms with Crippen LogP contribution in [-0.4, -0.2) is 51.7 Å². The third kappa shape index (κ3) is 4.57. The maximum absolute atomic E-state index is 13.5. The first-order chi connectivity index (χ1) is 15.3. The number of hydrogen-bond donors (Lipinski definition) is 0. The Kier molecular flexibility index (Phi) is 5.85. The van der Waals surface area contributed by atoms with Gasteiger partial charge in [0.05, 0.1) is 17.9 Å². The molecule has 5 nitrogen and oxygen atoms in total. The zero-order valence-electron chi connectivity index (χ0n) is 17.9. The normalized spacial score (nSPS) is 20.6. The van der Waals surface area contributed by atoms with E-state index in [1.807, 2.05) is 41.2 Å². The first kappa shape index (κ1) is 20.0. The van der Waals surface area contributed by atoms with Crippen molar-refractivity contribution in [3.05, 3.63) is 84.2 Å². The van der Waals surface area contributed by atoms with Gasteiger partial charge in [-0.05, 0) is 62.0 Å². The summed E-state index contributed by atoms with van der Waals surface area (Å²) < 4.78 is 1.96. The lowest BCUT2D eigenvalue weighted by molar-refractivity contribution is -0.133. The van der Waals surface area contributed by atoms with E-state index in [1.54, 1.807) is 0 Å². The average Bonchev–Trinajstić information content (AvgIpc) is 3.19. The van der Waals surface area contributed by atoms with Crippen molar-refractivity contribution in [2.45, 2.75) is 31.7 Å². The summed E-state index contributed by atoms with van der Waals surface area (Å²) in [5.41, 5.74) is 3.37. The van der Waals surface area contributed by atoms with E-state index in [9.17, 15) is 4.79 Å². The minimum absolute atomic E-state index is 0.106. The fraction of sp³-hybridized carbons (Fsp3) is 0.385. The summed E-state index contributed by atoms with van der Waals surface area (Å²) in [6, 6.07) is 22.7. The number of amides is 1. The van der Waals surface area contributed by atoms with Crippen LogP contribution in [0.3, 0.4) is 0 Å². The Morgan fingerprint density at radius 2 is 1.68 bits per heavy atom. The van der Waals surface area contributed by atoms with Gasteiger partial charge in [0.2, 0.25) is 5.91 Å². The third-order valence-corrected chi connectivity index (χ3v) is 6.61. The Morgan fingerprint density at radius 3 is 2.42 bits per heavy atom.